The molecule has 2 atom stereocenters. The highest BCUT2D eigenvalue weighted by Gasteiger charge is 2.39. The van der Waals surface area contributed by atoms with Crippen LogP contribution in [0.25, 0.3) is 10.8 Å². The van der Waals surface area contributed by atoms with Crippen molar-refractivity contribution in [1.82, 2.24) is 15.2 Å². The quantitative estimate of drug-likeness (QED) is 0.556. The van der Waals surface area contributed by atoms with E-state index in [9.17, 15) is 22.8 Å². The highest BCUT2D eigenvalue weighted by Crippen LogP contribution is 2.36. The lowest BCUT2D eigenvalue weighted by molar-refractivity contribution is -0.137. The van der Waals surface area contributed by atoms with E-state index in [1.807, 2.05) is 24.3 Å². The maximum atomic E-state index is 13.2. The van der Waals surface area contributed by atoms with E-state index >= 15 is 0 Å². The number of ether oxygens (including phenoxy) is 1. The minimum Gasteiger partial charge on any atom is -0.441 e. The second kappa shape index (κ2) is 8.73. The van der Waals surface area contributed by atoms with Gasteiger partial charge >= 0.3 is 18.3 Å². The Kier molecular flexibility index (Phi) is 5.97. The first kappa shape index (κ1) is 22.6. The zero-order chi connectivity index (χ0) is 23.8. The Morgan fingerprint density at radius 2 is 1.97 bits per heavy atom. The van der Waals surface area contributed by atoms with Gasteiger partial charge in [-0.2, -0.15) is 13.2 Å². The van der Waals surface area contributed by atoms with Crippen molar-refractivity contribution in [3.63, 3.8) is 0 Å². The number of fused-ring (bicyclic) bond motifs is 1. The summed E-state index contributed by atoms with van der Waals surface area (Å²) in [6.45, 7) is 3.44. The smallest absolute Gasteiger partial charge is 0.418 e. The van der Waals surface area contributed by atoms with Gasteiger partial charge in [-0.3, -0.25) is 4.98 Å². The number of halogens is 3. The van der Waals surface area contributed by atoms with Gasteiger partial charge in [0.2, 0.25) is 0 Å². The molecule has 3 aromatic rings. The van der Waals surface area contributed by atoms with Crippen LogP contribution in [0.1, 0.15) is 35.3 Å². The molecule has 1 fully saturated rings. The summed E-state index contributed by atoms with van der Waals surface area (Å²) in [6.07, 6.45) is -2.93. The summed E-state index contributed by atoms with van der Waals surface area (Å²) in [7, 11) is 0. The van der Waals surface area contributed by atoms with Crippen molar-refractivity contribution in [3.8, 4) is 0 Å². The number of alkyl halides is 3. The lowest BCUT2D eigenvalue weighted by Gasteiger charge is -2.35. The number of rotatable bonds is 3. The average Bonchev–Trinajstić information content (AvgIpc) is 2.77. The molecule has 172 valence electrons. The monoisotopic (exact) mass is 457 g/mol. The summed E-state index contributed by atoms with van der Waals surface area (Å²) in [5.41, 5.74) is 0.652. The highest BCUT2D eigenvalue weighted by molar-refractivity contribution is 5.92. The molecule has 0 spiro atoms. The number of hydrogen-bond acceptors (Lipinski definition) is 4. The van der Waals surface area contributed by atoms with Crippen LogP contribution >= 0.6 is 0 Å². The van der Waals surface area contributed by atoms with Gasteiger partial charge in [-0.05, 0) is 35.6 Å². The van der Waals surface area contributed by atoms with E-state index in [0.717, 1.165) is 33.4 Å². The van der Waals surface area contributed by atoms with Crippen molar-refractivity contribution in [2.75, 3.05) is 6.54 Å². The van der Waals surface area contributed by atoms with E-state index in [1.165, 1.54) is 0 Å². The summed E-state index contributed by atoms with van der Waals surface area (Å²) in [4.78, 5) is 30.4. The first-order chi connectivity index (χ1) is 15.6. The Bertz CT molecular complexity index is 1210. The zero-order valence-electron chi connectivity index (χ0n) is 18.0. The molecule has 6 nitrogen and oxygen atoms in total. The Morgan fingerprint density at radius 1 is 1.21 bits per heavy atom. The second-order valence-corrected chi connectivity index (χ2v) is 8.20. The van der Waals surface area contributed by atoms with Gasteiger partial charge in [0.1, 0.15) is 6.10 Å². The molecule has 0 bridgehead atoms. The minimum absolute atomic E-state index is 0.0123. The number of cyclic esters (lactones) is 1. The number of urea groups is 1. The van der Waals surface area contributed by atoms with Crippen molar-refractivity contribution in [2.45, 2.75) is 32.7 Å². The van der Waals surface area contributed by atoms with E-state index in [4.69, 9.17) is 4.74 Å². The predicted molar refractivity (Wildman–Crippen MR) is 115 cm³/mol. The van der Waals surface area contributed by atoms with E-state index in [-0.39, 0.29) is 18.7 Å². The molecule has 1 aliphatic heterocycles. The van der Waals surface area contributed by atoms with Crippen LogP contribution in [-0.4, -0.2) is 28.6 Å². The van der Waals surface area contributed by atoms with Crippen LogP contribution < -0.4 is 5.32 Å². The Hall–Kier alpha value is -3.62. The fourth-order valence-electron chi connectivity index (χ4n) is 4.04. The number of amides is 3. The summed E-state index contributed by atoms with van der Waals surface area (Å²) in [5, 5.41) is 4.56. The van der Waals surface area contributed by atoms with Gasteiger partial charge < -0.3 is 10.1 Å². The summed E-state index contributed by atoms with van der Waals surface area (Å²) < 4.78 is 45.0. The molecule has 0 unspecified atom stereocenters. The summed E-state index contributed by atoms with van der Waals surface area (Å²) in [5.74, 6) is -0.407. The standard InChI is InChI=1S/C24H22F3N3O3/c1-14-7-17(9-19(8-14)24(25,26)27)21-15(2)13-30(23(32)33-21)22(31)29-12-18-11-28-10-16-5-3-4-6-20(16)18/h3-11,15,21H,12-13H2,1-2H3,(H,29,31)/t15-,21-/m0/s1. The number of aromatic nitrogens is 1. The van der Waals surface area contributed by atoms with Gasteiger partial charge in [0.25, 0.3) is 0 Å². The minimum atomic E-state index is -4.51. The van der Waals surface area contributed by atoms with Crippen LogP contribution in [0, 0.1) is 12.8 Å². The maximum absolute atomic E-state index is 13.2. The molecule has 4 rings (SSSR count). The van der Waals surface area contributed by atoms with E-state index in [2.05, 4.69) is 10.3 Å². The third-order valence-corrected chi connectivity index (χ3v) is 5.62. The largest absolute Gasteiger partial charge is 0.441 e. The third kappa shape index (κ3) is 4.76. The number of carbonyl (C=O) groups excluding carboxylic acids is 2. The number of nitrogens with one attached hydrogen (secondary N) is 1. The van der Waals surface area contributed by atoms with Crippen LogP contribution in [0.5, 0.6) is 0 Å². The molecular formula is C24H22F3N3O3. The van der Waals surface area contributed by atoms with Crippen molar-refractivity contribution in [2.24, 2.45) is 5.92 Å². The maximum Gasteiger partial charge on any atom is 0.418 e. The Morgan fingerprint density at radius 3 is 2.73 bits per heavy atom. The number of aryl methyl sites for hydroxylation is 1. The number of pyridine rings is 1. The number of hydrogen-bond donors (Lipinski definition) is 1. The van der Waals surface area contributed by atoms with Crippen LogP contribution in [0.2, 0.25) is 0 Å². The Balaban J connectivity index is 1.46. The first-order valence-corrected chi connectivity index (χ1v) is 10.4. The van der Waals surface area contributed by atoms with Gasteiger partial charge in [0.15, 0.2) is 0 Å². The zero-order valence-corrected chi connectivity index (χ0v) is 18.0. The average molecular weight is 457 g/mol. The molecule has 0 aliphatic carbocycles. The fourth-order valence-corrected chi connectivity index (χ4v) is 4.04. The van der Waals surface area contributed by atoms with Crippen LogP contribution in [-0.2, 0) is 17.5 Å². The second-order valence-electron chi connectivity index (χ2n) is 8.20. The molecule has 1 aliphatic rings. The summed E-state index contributed by atoms with van der Waals surface area (Å²) in [6, 6.07) is 10.5. The predicted octanol–water partition coefficient (Wildman–Crippen LogP) is 5.60. The molecule has 2 heterocycles. The molecule has 9 heteroatoms. The van der Waals surface area contributed by atoms with Crippen molar-refractivity contribution in [3.05, 3.63) is 77.1 Å². The van der Waals surface area contributed by atoms with Gasteiger partial charge in [0, 0.05) is 36.8 Å². The molecule has 0 saturated carbocycles. The molecule has 3 amide bonds. The fraction of sp³-hybridized carbons (Fsp3) is 0.292. The number of carbonyl (C=O) groups is 2. The lowest BCUT2D eigenvalue weighted by atomic mass is 9.93. The lowest BCUT2D eigenvalue weighted by Crippen LogP contribution is -2.50. The topological polar surface area (TPSA) is 71.5 Å². The van der Waals surface area contributed by atoms with E-state index in [1.54, 1.807) is 32.3 Å². The van der Waals surface area contributed by atoms with Gasteiger partial charge in [-0.25, -0.2) is 14.5 Å². The van der Waals surface area contributed by atoms with Crippen molar-refractivity contribution in [1.29, 1.82) is 0 Å². The number of benzene rings is 2. The highest BCUT2D eigenvalue weighted by atomic mass is 19.4. The SMILES string of the molecule is Cc1cc([C@H]2OC(=O)N(C(=O)NCc3cncc4ccccc34)C[C@@H]2C)cc(C(F)(F)F)c1. The molecular weight excluding hydrogens is 435 g/mol. The van der Waals surface area contributed by atoms with Gasteiger partial charge in [0.05, 0.1) is 5.56 Å². The molecule has 1 N–H and O–H groups in total. The molecule has 0 radical (unpaired) electrons. The first-order valence-electron chi connectivity index (χ1n) is 10.4. The normalized spacial score (nSPS) is 18.8. The number of nitrogens with zero attached hydrogens (tertiary/aromatic N) is 2. The van der Waals surface area contributed by atoms with E-state index < -0.39 is 35.9 Å². The van der Waals surface area contributed by atoms with Crippen LogP contribution in [0.15, 0.2) is 54.9 Å². The third-order valence-electron chi connectivity index (χ3n) is 5.62. The summed E-state index contributed by atoms with van der Waals surface area (Å²) >= 11 is 0. The van der Waals surface area contributed by atoms with Crippen molar-refractivity contribution >= 4 is 22.9 Å². The molecule has 33 heavy (non-hydrogen) atoms. The molecule has 1 saturated heterocycles. The molecule has 2 aromatic carbocycles. The Labute approximate surface area is 188 Å². The van der Waals surface area contributed by atoms with Crippen molar-refractivity contribution < 1.29 is 27.5 Å². The van der Waals surface area contributed by atoms with Crippen LogP contribution in [0.3, 0.4) is 0 Å². The van der Waals surface area contributed by atoms with Crippen LogP contribution in [0.4, 0.5) is 22.8 Å². The van der Waals surface area contributed by atoms with E-state index in [0.29, 0.717) is 5.56 Å². The van der Waals surface area contributed by atoms with Gasteiger partial charge in [-0.15, -0.1) is 0 Å². The van der Waals surface area contributed by atoms with Gasteiger partial charge in [-0.1, -0.05) is 42.8 Å². The number of imide groups is 1. The molecule has 1 aromatic heterocycles.